The molecule has 1 aliphatic heterocycles. The Labute approximate surface area is 126 Å². The van der Waals surface area contributed by atoms with Crippen molar-refractivity contribution in [1.82, 2.24) is 4.90 Å². The minimum Gasteiger partial charge on any atom is -0.395 e. The second-order valence-electron chi connectivity index (χ2n) is 5.89. The van der Waals surface area contributed by atoms with E-state index in [2.05, 4.69) is 30.9 Å². The number of aryl methyl sites for hydroxylation is 1. The van der Waals surface area contributed by atoms with Crippen LogP contribution in [0.25, 0.3) is 0 Å². The van der Waals surface area contributed by atoms with Crippen molar-refractivity contribution in [2.24, 2.45) is 5.73 Å². The van der Waals surface area contributed by atoms with Crippen LogP contribution in [-0.2, 0) is 0 Å². The first kappa shape index (κ1) is 16.0. The number of aliphatic hydroxyl groups is 1. The zero-order chi connectivity index (χ0) is 14.5. The van der Waals surface area contributed by atoms with Crippen LogP contribution in [0.3, 0.4) is 0 Å². The number of hydrogen-bond acceptors (Lipinski definition) is 4. The van der Waals surface area contributed by atoms with Crippen LogP contribution in [0.15, 0.2) is 12.1 Å². The van der Waals surface area contributed by atoms with Crippen molar-refractivity contribution in [2.75, 3.05) is 13.2 Å². The molecule has 1 fully saturated rings. The number of thiophene rings is 1. The molecule has 4 heteroatoms. The van der Waals surface area contributed by atoms with E-state index in [1.54, 1.807) is 0 Å². The van der Waals surface area contributed by atoms with Gasteiger partial charge in [0.05, 0.1) is 12.6 Å². The van der Waals surface area contributed by atoms with Gasteiger partial charge in [0, 0.05) is 21.8 Å². The zero-order valence-electron chi connectivity index (χ0n) is 12.7. The molecular formula is C16H28N2OS. The van der Waals surface area contributed by atoms with E-state index in [1.165, 1.54) is 29.0 Å². The van der Waals surface area contributed by atoms with E-state index in [0.29, 0.717) is 0 Å². The fraction of sp³-hybridized carbons (Fsp3) is 0.750. The molecule has 2 rings (SSSR count). The SMILES string of the molecule is CCC(N)C(c1ccc(C)s1)N1CCCCCC1CO. The summed E-state index contributed by atoms with van der Waals surface area (Å²) in [6.45, 7) is 5.61. The second-order valence-corrected chi connectivity index (χ2v) is 7.21. The monoisotopic (exact) mass is 296 g/mol. The van der Waals surface area contributed by atoms with Crippen LogP contribution in [0, 0.1) is 6.92 Å². The van der Waals surface area contributed by atoms with Crippen LogP contribution < -0.4 is 5.73 Å². The smallest absolute Gasteiger partial charge is 0.0596 e. The van der Waals surface area contributed by atoms with Crippen LogP contribution >= 0.6 is 11.3 Å². The van der Waals surface area contributed by atoms with E-state index in [4.69, 9.17) is 5.73 Å². The van der Waals surface area contributed by atoms with E-state index in [1.807, 2.05) is 11.3 Å². The molecule has 0 amide bonds. The quantitative estimate of drug-likeness (QED) is 0.878. The predicted molar refractivity (Wildman–Crippen MR) is 86.1 cm³/mol. The van der Waals surface area contributed by atoms with Gasteiger partial charge in [0.15, 0.2) is 0 Å². The summed E-state index contributed by atoms with van der Waals surface area (Å²) in [7, 11) is 0. The van der Waals surface area contributed by atoms with Crippen molar-refractivity contribution < 1.29 is 5.11 Å². The van der Waals surface area contributed by atoms with Gasteiger partial charge in [-0.3, -0.25) is 4.90 Å². The number of likely N-dealkylation sites (tertiary alicyclic amines) is 1. The molecule has 3 nitrogen and oxygen atoms in total. The third kappa shape index (κ3) is 3.61. The lowest BCUT2D eigenvalue weighted by molar-refractivity contribution is 0.0729. The second kappa shape index (κ2) is 7.55. The molecule has 0 aromatic carbocycles. The maximum absolute atomic E-state index is 9.76. The third-order valence-electron chi connectivity index (χ3n) is 4.42. The zero-order valence-corrected chi connectivity index (χ0v) is 13.5. The standard InChI is InChI=1S/C16H28N2OS/c1-3-14(17)16(15-9-8-12(2)20-15)18-10-6-4-5-7-13(18)11-19/h8-9,13-14,16,19H,3-7,10-11,17H2,1-2H3. The molecule has 0 aliphatic carbocycles. The van der Waals surface area contributed by atoms with Crippen LogP contribution in [0.2, 0.25) is 0 Å². The normalized spacial score (nSPS) is 24.3. The van der Waals surface area contributed by atoms with Crippen molar-refractivity contribution in [1.29, 1.82) is 0 Å². The Balaban J connectivity index is 2.28. The highest BCUT2D eigenvalue weighted by molar-refractivity contribution is 7.12. The first-order valence-corrected chi connectivity index (χ1v) is 8.67. The van der Waals surface area contributed by atoms with Gasteiger partial charge < -0.3 is 10.8 Å². The molecule has 0 spiro atoms. The van der Waals surface area contributed by atoms with E-state index >= 15 is 0 Å². The van der Waals surface area contributed by atoms with Gasteiger partial charge in [-0.1, -0.05) is 19.8 Å². The average molecular weight is 296 g/mol. The Morgan fingerprint density at radius 1 is 1.40 bits per heavy atom. The molecule has 1 aromatic heterocycles. The molecule has 1 saturated heterocycles. The van der Waals surface area contributed by atoms with Crippen LogP contribution in [0.4, 0.5) is 0 Å². The van der Waals surface area contributed by atoms with E-state index in [0.717, 1.165) is 19.4 Å². The van der Waals surface area contributed by atoms with Crippen molar-refractivity contribution in [3.05, 3.63) is 21.9 Å². The molecule has 3 atom stereocenters. The molecule has 20 heavy (non-hydrogen) atoms. The maximum Gasteiger partial charge on any atom is 0.0596 e. The molecule has 0 saturated carbocycles. The van der Waals surface area contributed by atoms with E-state index < -0.39 is 0 Å². The summed E-state index contributed by atoms with van der Waals surface area (Å²) in [6, 6.07) is 5.07. The molecular weight excluding hydrogens is 268 g/mol. The van der Waals surface area contributed by atoms with E-state index in [-0.39, 0.29) is 24.7 Å². The Kier molecular flexibility index (Phi) is 6.02. The fourth-order valence-corrected chi connectivity index (χ4v) is 4.29. The van der Waals surface area contributed by atoms with Crippen LogP contribution in [0.5, 0.6) is 0 Å². The molecule has 2 heterocycles. The van der Waals surface area contributed by atoms with E-state index in [9.17, 15) is 5.11 Å². The summed E-state index contributed by atoms with van der Waals surface area (Å²) in [4.78, 5) is 5.17. The average Bonchev–Trinajstić information content (AvgIpc) is 2.74. The highest BCUT2D eigenvalue weighted by Gasteiger charge is 2.32. The highest BCUT2D eigenvalue weighted by atomic mass is 32.1. The number of rotatable bonds is 5. The molecule has 3 N–H and O–H groups in total. The van der Waals surface area contributed by atoms with Crippen LogP contribution in [-0.4, -0.2) is 35.2 Å². The number of nitrogens with two attached hydrogens (primary N) is 1. The topological polar surface area (TPSA) is 49.5 Å². The summed E-state index contributed by atoms with van der Waals surface area (Å²) in [5.74, 6) is 0. The number of nitrogens with zero attached hydrogens (tertiary/aromatic N) is 1. The summed E-state index contributed by atoms with van der Waals surface area (Å²) in [5, 5.41) is 9.76. The van der Waals surface area contributed by atoms with Crippen molar-refractivity contribution in [3.8, 4) is 0 Å². The molecule has 1 aromatic rings. The number of aliphatic hydroxyl groups excluding tert-OH is 1. The molecule has 3 unspecified atom stereocenters. The van der Waals surface area contributed by atoms with Gasteiger partial charge in [0.2, 0.25) is 0 Å². The van der Waals surface area contributed by atoms with Gasteiger partial charge >= 0.3 is 0 Å². The summed E-state index contributed by atoms with van der Waals surface area (Å²) >= 11 is 1.85. The molecule has 0 radical (unpaired) electrons. The Morgan fingerprint density at radius 3 is 2.80 bits per heavy atom. The predicted octanol–water partition coefficient (Wildman–Crippen LogP) is 3.07. The minimum absolute atomic E-state index is 0.139. The summed E-state index contributed by atoms with van der Waals surface area (Å²) in [5.41, 5.74) is 6.44. The van der Waals surface area contributed by atoms with Gasteiger partial charge in [0.25, 0.3) is 0 Å². The third-order valence-corrected chi connectivity index (χ3v) is 5.49. The Morgan fingerprint density at radius 2 is 2.20 bits per heavy atom. The summed E-state index contributed by atoms with van der Waals surface area (Å²) in [6.07, 6.45) is 5.77. The largest absolute Gasteiger partial charge is 0.395 e. The molecule has 0 bridgehead atoms. The van der Waals surface area contributed by atoms with Gasteiger partial charge in [-0.2, -0.15) is 0 Å². The minimum atomic E-state index is 0.139. The first-order chi connectivity index (χ1) is 9.67. The van der Waals surface area contributed by atoms with Gasteiger partial charge in [-0.15, -0.1) is 11.3 Å². The Bertz CT molecular complexity index is 407. The summed E-state index contributed by atoms with van der Waals surface area (Å²) < 4.78 is 0. The van der Waals surface area contributed by atoms with Gasteiger partial charge in [-0.05, 0) is 44.9 Å². The molecule has 114 valence electrons. The van der Waals surface area contributed by atoms with Gasteiger partial charge in [-0.25, -0.2) is 0 Å². The first-order valence-electron chi connectivity index (χ1n) is 7.85. The highest BCUT2D eigenvalue weighted by Crippen LogP contribution is 2.34. The Hall–Kier alpha value is -0.420. The van der Waals surface area contributed by atoms with Crippen molar-refractivity contribution in [3.63, 3.8) is 0 Å². The lowest BCUT2D eigenvalue weighted by Crippen LogP contribution is -2.47. The lowest BCUT2D eigenvalue weighted by Gasteiger charge is -2.38. The fourth-order valence-electron chi connectivity index (χ4n) is 3.22. The lowest BCUT2D eigenvalue weighted by atomic mass is 10.00. The van der Waals surface area contributed by atoms with Crippen molar-refractivity contribution >= 4 is 11.3 Å². The maximum atomic E-state index is 9.76. The van der Waals surface area contributed by atoms with Gasteiger partial charge in [0.1, 0.15) is 0 Å². The number of hydrogen-bond donors (Lipinski definition) is 2. The van der Waals surface area contributed by atoms with Crippen LogP contribution in [0.1, 0.15) is 54.8 Å². The molecule has 1 aliphatic rings. The van der Waals surface area contributed by atoms with Crippen molar-refractivity contribution in [2.45, 2.75) is 64.1 Å².